The van der Waals surface area contributed by atoms with Crippen molar-refractivity contribution in [2.24, 2.45) is 0 Å². The summed E-state index contributed by atoms with van der Waals surface area (Å²) in [5.41, 5.74) is 0.967. The number of benzene rings is 1. The fourth-order valence-electron chi connectivity index (χ4n) is 1.81. The lowest BCUT2D eigenvalue weighted by Crippen LogP contribution is -2.13. The molecule has 0 atom stereocenters. The first-order valence-electron chi connectivity index (χ1n) is 6.04. The molecule has 1 heterocycles. The summed E-state index contributed by atoms with van der Waals surface area (Å²) < 4.78 is 0.641. The third-order valence-electron chi connectivity index (χ3n) is 2.74. The van der Waals surface area contributed by atoms with Crippen LogP contribution in [0.4, 0.5) is 5.69 Å². The number of rotatable bonds is 4. The Balaban J connectivity index is 2.15. The number of carboxylic acids is 1. The van der Waals surface area contributed by atoms with Gasteiger partial charge in [-0.05, 0) is 36.8 Å². The topological polar surface area (TPSA) is 66.4 Å². The SMILES string of the molecule is Cc1cccc(NC(=O)C=Cc2ccc(Cl)s2)c1C(=O)O. The highest BCUT2D eigenvalue weighted by Gasteiger charge is 2.13. The number of thiophene rings is 1. The van der Waals surface area contributed by atoms with E-state index in [0.717, 1.165) is 4.88 Å². The van der Waals surface area contributed by atoms with E-state index in [9.17, 15) is 14.7 Å². The molecule has 0 aliphatic carbocycles. The second-order valence-electron chi connectivity index (χ2n) is 4.27. The zero-order chi connectivity index (χ0) is 15.4. The van der Waals surface area contributed by atoms with Crippen LogP contribution in [0.15, 0.2) is 36.4 Å². The molecule has 2 N–H and O–H groups in total. The van der Waals surface area contributed by atoms with Crippen LogP contribution in [-0.2, 0) is 4.79 Å². The van der Waals surface area contributed by atoms with Gasteiger partial charge in [-0.25, -0.2) is 4.79 Å². The third kappa shape index (κ3) is 3.93. The average Bonchev–Trinajstić information content (AvgIpc) is 2.82. The number of carbonyl (C=O) groups excluding carboxylic acids is 1. The largest absolute Gasteiger partial charge is 0.478 e. The number of aromatic carboxylic acids is 1. The van der Waals surface area contributed by atoms with Crippen LogP contribution in [-0.4, -0.2) is 17.0 Å². The molecule has 21 heavy (non-hydrogen) atoms. The molecular formula is C15H12ClNO3S. The van der Waals surface area contributed by atoms with Crippen LogP contribution in [0.5, 0.6) is 0 Å². The molecule has 0 radical (unpaired) electrons. The maximum absolute atomic E-state index is 11.9. The minimum Gasteiger partial charge on any atom is -0.478 e. The molecule has 0 fully saturated rings. The van der Waals surface area contributed by atoms with Gasteiger partial charge >= 0.3 is 5.97 Å². The molecule has 4 nitrogen and oxygen atoms in total. The molecule has 0 aliphatic heterocycles. The molecule has 1 aromatic carbocycles. The van der Waals surface area contributed by atoms with E-state index in [2.05, 4.69) is 5.32 Å². The van der Waals surface area contributed by atoms with Crippen LogP contribution >= 0.6 is 22.9 Å². The molecule has 0 saturated heterocycles. The van der Waals surface area contributed by atoms with Gasteiger partial charge in [0, 0.05) is 11.0 Å². The molecule has 2 rings (SSSR count). The zero-order valence-corrected chi connectivity index (χ0v) is 12.7. The molecule has 0 aliphatic rings. The van der Waals surface area contributed by atoms with Gasteiger partial charge in [0.2, 0.25) is 5.91 Å². The summed E-state index contributed by atoms with van der Waals surface area (Å²) >= 11 is 7.15. The van der Waals surface area contributed by atoms with E-state index < -0.39 is 11.9 Å². The number of carbonyl (C=O) groups is 2. The van der Waals surface area contributed by atoms with Crippen LogP contribution in [0, 0.1) is 6.92 Å². The Labute approximate surface area is 130 Å². The van der Waals surface area contributed by atoms with Crippen molar-refractivity contribution in [2.75, 3.05) is 5.32 Å². The Bertz CT molecular complexity index is 721. The first-order valence-corrected chi connectivity index (χ1v) is 7.24. The number of halogens is 1. The molecule has 0 spiro atoms. The smallest absolute Gasteiger partial charge is 0.338 e. The fourth-order valence-corrected chi connectivity index (χ4v) is 2.77. The van der Waals surface area contributed by atoms with E-state index in [1.165, 1.54) is 17.4 Å². The van der Waals surface area contributed by atoms with Crippen LogP contribution < -0.4 is 5.32 Å². The van der Waals surface area contributed by atoms with Crippen LogP contribution in [0.1, 0.15) is 20.8 Å². The monoisotopic (exact) mass is 321 g/mol. The van der Waals surface area contributed by atoms with E-state index >= 15 is 0 Å². The van der Waals surface area contributed by atoms with Gasteiger partial charge in [-0.2, -0.15) is 0 Å². The molecule has 6 heteroatoms. The molecule has 108 valence electrons. The van der Waals surface area contributed by atoms with Crippen molar-refractivity contribution in [3.05, 3.63) is 56.7 Å². The summed E-state index contributed by atoms with van der Waals surface area (Å²) in [6.45, 7) is 1.68. The Kier molecular flexibility index (Phi) is 4.77. The number of hydrogen-bond donors (Lipinski definition) is 2. The van der Waals surface area contributed by atoms with Crippen molar-refractivity contribution in [2.45, 2.75) is 6.92 Å². The minimum atomic E-state index is -1.07. The van der Waals surface area contributed by atoms with Gasteiger partial charge in [0.15, 0.2) is 0 Å². The lowest BCUT2D eigenvalue weighted by Gasteiger charge is -2.08. The minimum absolute atomic E-state index is 0.0958. The number of carboxylic acid groups (broad SMARTS) is 1. The van der Waals surface area contributed by atoms with E-state index in [1.54, 1.807) is 43.3 Å². The van der Waals surface area contributed by atoms with Crippen molar-refractivity contribution >= 4 is 46.6 Å². The first-order chi connectivity index (χ1) is 9.97. The summed E-state index contributed by atoms with van der Waals surface area (Å²) in [5.74, 6) is -1.47. The second kappa shape index (κ2) is 6.56. The normalized spacial score (nSPS) is 10.8. The van der Waals surface area contributed by atoms with Crippen molar-refractivity contribution in [1.29, 1.82) is 0 Å². The van der Waals surface area contributed by atoms with Gasteiger partial charge in [-0.1, -0.05) is 23.7 Å². The van der Waals surface area contributed by atoms with Crippen molar-refractivity contribution in [3.63, 3.8) is 0 Å². The highest BCUT2D eigenvalue weighted by Crippen LogP contribution is 2.23. The Morgan fingerprint density at radius 2 is 2.05 bits per heavy atom. The number of hydrogen-bond acceptors (Lipinski definition) is 3. The highest BCUT2D eigenvalue weighted by atomic mass is 35.5. The second-order valence-corrected chi connectivity index (χ2v) is 6.01. The molecule has 1 aromatic heterocycles. The Hall–Kier alpha value is -2.11. The van der Waals surface area contributed by atoms with Gasteiger partial charge in [-0.3, -0.25) is 4.79 Å². The zero-order valence-electron chi connectivity index (χ0n) is 11.1. The number of aryl methyl sites for hydroxylation is 1. The average molecular weight is 322 g/mol. The number of nitrogens with one attached hydrogen (secondary N) is 1. The van der Waals surface area contributed by atoms with Crippen molar-refractivity contribution in [3.8, 4) is 0 Å². The lowest BCUT2D eigenvalue weighted by molar-refractivity contribution is -0.111. The van der Waals surface area contributed by atoms with E-state index in [-0.39, 0.29) is 11.3 Å². The standard InChI is InChI=1S/C15H12ClNO3S/c1-9-3-2-4-11(14(9)15(19)20)17-13(18)8-6-10-5-7-12(16)21-10/h2-8H,1H3,(H,17,18)(H,19,20). The molecular weight excluding hydrogens is 310 g/mol. The molecule has 0 bridgehead atoms. The van der Waals surface area contributed by atoms with E-state index in [4.69, 9.17) is 11.6 Å². The first kappa shape index (κ1) is 15.3. The van der Waals surface area contributed by atoms with Gasteiger partial charge in [0.05, 0.1) is 15.6 Å². The fraction of sp³-hybridized carbons (Fsp3) is 0.0667. The van der Waals surface area contributed by atoms with Gasteiger partial charge in [-0.15, -0.1) is 11.3 Å². The molecule has 0 saturated carbocycles. The summed E-state index contributed by atoms with van der Waals surface area (Å²) in [4.78, 5) is 23.9. The maximum Gasteiger partial charge on any atom is 0.338 e. The predicted octanol–water partition coefficient (Wildman–Crippen LogP) is 4.06. The van der Waals surface area contributed by atoms with Crippen LogP contribution in [0.2, 0.25) is 4.34 Å². The molecule has 2 aromatic rings. The molecule has 1 amide bonds. The quantitative estimate of drug-likeness (QED) is 0.834. The van der Waals surface area contributed by atoms with Gasteiger partial charge in [0.25, 0.3) is 0 Å². The predicted molar refractivity (Wildman–Crippen MR) is 85.1 cm³/mol. The third-order valence-corrected chi connectivity index (χ3v) is 3.93. The van der Waals surface area contributed by atoms with Gasteiger partial charge < -0.3 is 10.4 Å². The van der Waals surface area contributed by atoms with Crippen LogP contribution in [0.3, 0.4) is 0 Å². The lowest BCUT2D eigenvalue weighted by atomic mass is 10.1. The Morgan fingerprint density at radius 3 is 2.67 bits per heavy atom. The van der Waals surface area contributed by atoms with E-state index in [0.29, 0.717) is 9.90 Å². The summed E-state index contributed by atoms with van der Waals surface area (Å²) in [5, 5.41) is 11.8. The van der Waals surface area contributed by atoms with Crippen molar-refractivity contribution in [1.82, 2.24) is 0 Å². The van der Waals surface area contributed by atoms with E-state index in [1.807, 2.05) is 0 Å². The highest BCUT2D eigenvalue weighted by molar-refractivity contribution is 7.17. The Morgan fingerprint density at radius 1 is 1.29 bits per heavy atom. The number of anilines is 1. The maximum atomic E-state index is 11.9. The van der Waals surface area contributed by atoms with Crippen LogP contribution in [0.25, 0.3) is 6.08 Å². The van der Waals surface area contributed by atoms with Gasteiger partial charge in [0.1, 0.15) is 0 Å². The summed E-state index contributed by atoms with van der Waals surface area (Å²) in [6.07, 6.45) is 2.97. The number of amides is 1. The molecule has 0 unspecified atom stereocenters. The summed E-state index contributed by atoms with van der Waals surface area (Å²) in [6, 6.07) is 8.48. The van der Waals surface area contributed by atoms with Crippen molar-refractivity contribution < 1.29 is 14.7 Å². The summed E-state index contributed by atoms with van der Waals surface area (Å²) in [7, 11) is 0.